The van der Waals surface area contributed by atoms with Gasteiger partial charge in [0.15, 0.2) is 0 Å². The summed E-state index contributed by atoms with van der Waals surface area (Å²) in [5.74, 6) is 5.97. The number of aliphatic hydroxyl groups excluding tert-OH is 1. The van der Waals surface area contributed by atoms with Crippen LogP contribution in [0.25, 0.3) is 0 Å². The van der Waals surface area contributed by atoms with Gasteiger partial charge in [-0.1, -0.05) is 6.92 Å². The molecule has 3 heteroatoms. The molecule has 2 atom stereocenters. The first kappa shape index (κ1) is 7.98. The van der Waals surface area contributed by atoms with Gasteiger partial charge in [-0.3, -0.25) is 5.84 Å². The molecule has 0 bridgehead atoms. The summed E-state index contributed by atoms with van der Waals surface area (Å²) in [5, 5.41) is 11.2. The van der Waals surface area contributed by atoms with E-state index >= 15 is 0 Å². The third-order valence-electron chi connectivity index (χ3n) is 2.25. The molecule has 0 aliphatic carbocycles. The minimum atomic E-state index is -0.121. The molecular weight excluding hydrogens is 128 g/mol. The van der Waals surface area contributed by atoms with Gasteiger partial charge in [-0.15, -0.1) is 0 Å². The predicted octanol–water partition coefficient (Wildman–Crippen LogP) is -0.0471. The number of nitrogens with zero attached hydrogens (tertiary/aromatic N) is 1. The Labute approximate surface area is 61.8 Å². The van der Waals surface area contributed by atoms with Gasteiger partial charge < -0.3 is 5.11 Å². The van der Waals surface area contributed by atoms with Gasteiger partial charge >= 0.3 is 0 Å². The Hall–Kier alpha value is -0.120. The van der Waals surface area contributed by atoms with Gasteiger partial charge in [0.05, 0.1) is 6.10 Å². The van der Waals surface area contributed by atoms with Gasteiger partial charge in [0, 0.05) is 13.1 Å². The van der Waals surface area contributed by atoms with Crippen LogP contribution in [0.1, 0.15) is 19.8 Å². The van der Waals surface area contributed by atoms with E-state index in [1.54, 1.807) is 5.01 Å². The van der Waals surface area contributed by atoms with E-state index < -0.39 is 0 Å². The molecule has 0 spiro atoms. The number of aliphatic hydroxyl groups is 1. The Bertz CT molecular complexity index is 108. The van der Waals surface area contributed by atoms with E-state index in [1.165, 1.54) is 0 Å². The van der Waals surface area contributed by atoms with Crippen LogP contribution >= 0.6 is 0 Å². The summed E-state index contributed by atoms with van der Waals surface area (Å²) in [7, 11) is 0. The molecule has 3 nitrogen and oxygen atoms in total. The van der Waals surface area contributed by atoms with Crippen molar-refractivity contribution in [1.82, 2.24) is 5.01 Å². The van der Waals surface area contributed by atoms with Crippen molar-refractivity contribution in [2.24, 2.45) is 11.8 Å². The second-order valence-corrected chi connectivity index (χ2v) is 3.02. The fourth-order valence-corrected chi connectivity index (χ4v) is 1.45. The zero-order chi connectivity index (χ0) is 7.56. The van der Waals surface area contributed by atoms with Crippen molar-refractivity contribution in [2.75, 3.05) is 13.1 Å². The number of hydrogen-bond acceptors (Lipinski definition) is 3. The van der Waals surface area contributed by atoms with Crippen LogP contribution in [-0.2, 0) is 0 Å². The summed E-state index contributed by atoms with van der Waals surface area (Å²) in [6.07, 6.45) is 1.73. The molecule has 1 aliphatic heterocycles. The van der Waals surface area contributed by atoms with Crippen molar-refractivity contribution in [3.63, 3.8) is 0 Å². The molecule has 0 radical (unpaired) electrons. The molecule has 1 rings (SSSR count). The van der Waals surface area contributed by atoms with Crippen molar-refractivity contribution in [1.29, 1.82) is 0 Å². The van der Waals surface area contributed by atoms with Crippen LogP contribution in [0.15, 0.2) is 0 Å². The number of hydrogen-bond donors (Lipinski definition) is 2. The van der Waals surface area contributed by atoms with E-state index in [1.807, 2.05) is 0 Å². The molecule has 1 fully saturated rings. The van der Waals surface area contributed by atoms with Crippen LogP contribution in [0.5, 0.6) is 0 Å². The van der Waals surface area contributed by atoms with Gasteiger partial charge in [-0.25, -0.2) is 5.01 Å². The quantitative estimate of drug-likeness (QED) is 0.507. The molecule has 1 aliphatic rings. The average molecular weight is 144 g/mol. The van der Waals surface area contributed by atoms with Crippen molar-refractivity contribution in [2.45, 2.75) is 25.9 Å². The lowest BCUT2D eigenvalue weighted by atomic mass is 9.93. The summed E-state index contributed by atoms with van der Waals surface area (Å²) in [6.45, 7) is 3.77. The van der Waals surface area contributed by atoms with Crippen LogP contribution in [0.2, 0.25) is 0 Å². The monoisotopic (exact) mass is 144 g/mol. The molecule has 0 unspecified atom stereocenters. The Kier molecular flexibility index (Phi) is 2.65. The van der Waals surface area contributed by atoms with Gasteiger partial charge in [0.2, 0.25) is 0 Å². The largest absolute Gasteiger partial charge is 0.393 e. The molecule has 1 saturated heterocycles. The number of hydrazine groups is 1. The van der Waals surface area contributed by atoms with Gasteiger partial charge in [-0.2, -0.15) is 0 Å². The van der Waals surface area contributed by atoms with Crippen molar-refractivity contribution in [3.05, 3.63) is 0 Å². The van der Waals surface area contributed by atoms with Crippen molar-refractivity contribution >= 4 is 0 Å². The standard InChI is InChI=1S/C7H16N2O/c1-2-6-5-9(8)4-3-7(6)10/h6-7,10H,2-5,8H2,1H3/t6-,7-/m0/s1. The van der Waals surface area contributed by atoms with E-state index in [-0.39, 0.29) is 6.10 Å². The lowest BCUT2D eigenvalue weighted by Gasteiger charge is -2.32. The zero-order valence-corrected chi connectivity index (χ0v) is 6.45. The lowest BCUT2D eigenvalue weighted by Crippen LogP contribution is -2.46. The van der Waals surface area contributed by atoms with Crippen LogP contribution in [0.4, 0.5) is 0 Å². The van der Waals surface area contributed by atoms with Crippen molar-refractivity contribution in [3.8, 4) is 0 Å². The molecule has 0 aromatic rings. The predicted molar refractivity (Wildman–Crippen MR) is 40.2 cm³/mol. The fourth-order valence-electron chi connectivity index (χ4n) is 1.45. The Morgan fingerprint density at radius 1 is 1.70 bits per heavy atom. The third kappa shape index (κ3) is 1.68. The first-order chi connectivity index (χ1) is 4.74. The van der Waals surface area contributed by atoms with Gasteiger partial charge in [-0.05, 0) is 18.8 Å². The summed E-state index contributed by atoms with van der Waals surface area (Å²) in [4.78, 5) is 0. The maximum Gasteiger partial charge on any atom is 0.0593 e. The molecular formula is C7H16N2O. The highest BCUT2D eigenvalue weighted by Gasteiger charge is 2.24. The zero-order valence-electron chi connectivity index (χ0n) is 6.45. The van der Waals surface area contributed by atoms with E-state index in [0.717, 1.165) is 25.9 Å². The first-order valence-electron chi connectivity index (χ1n) is 3.91. The van der Waals surface area contributed by atoms with Crippen LogP contribution < -0.4 is 5.84 Å². The van der Waals surface area contributed by atoms with Crippen molar-refractivity contribution < 1.29 is 5.11 Å². The summed E-state index contributed by atoms with van der Waals surface area (Å²) < 4.78 is 0. The molecule has 3 N–H and O–H groups in total. The van der Waals surface area contributed by atoms with Crippen LogP contribution in [0.3, 0.4) is 0 Å². The van der Waals surface area contributed by atoms with E-state index in [2.05, 4.69) is 6.92 Å². The highest BCUT2D eigenvalue weighted by Crippen LogP contribution is 2.17. The second-order valence-electron chi connectivity index (χ2n) is 3.02. The van der Waals surface area contributed by atoms with E-state index in [0.29, 0.717) is 5.92 Å². The second kappa shape index (κ2) is 3.32. The van der Waals surface area contributed by atoms with E-state index in [4.69, 9.17) is 5.84 Å². The lowest BCUT2D eigenvalue weighted by molar-refractivity contribution is 0.0250. The SMILES string of the molecule is CC[C@H]1CN(N)CC[C@@H]1O. The molecule has 0 aromatic heterocycles. The summed E-state index contributed by atoms with van der Waals surface area (Å²) in [5.41, 5.74) is 0. The Balaban J connectivity index is 2.38. The van der Waals surface area contributed by atoms with Crippen LogP contribution in [0, 0.1) is 5.92 Å². The smallest absolute Gasteiger partial charge is 0.0593 e. The molecule has 0 amide bonds. The minimum absolute atomic E-state index is 0.121. The van der Waals surface area contributed by atoms with Gasteiger partial charge in [0.1, 0.15) is 0 Å². The maximum atomic E-state index is 9.40. The molecule has 60 valence electrons. The van der Waals surface area contributed by atoms with Gasteiger partial charge in [0.25, 0.3) is 0 Å². The van der Waals surface area contributed by atoms with E-state index in [9.17, 15) is 5.11 Å². The normalized spacial score (nSPS) is 36.3. The summed E-state index contributed by atoms with van der Waals surface area (Å²) >= 11 is 0. The Morgan fingerprint density at radius 2 is 2.40 bits per heavy atom. The number of rotatable bonds is 1. The fraction of sp³-hybridized carbons (Fsp3) is 1.00. The molecule has 0 aromatic carbocycles. The highest BCUT2D eigenvalue weighted by molar-refractivity contribution is 4.76. The Morgan fingerprint density at radius 3 is 2.90 bits per heavy atom. The summed E-state index contributed by atoms with van der Waals surface area (Å²) in [6, 6.07) is 0. The highest BCUT2D eigenvalue weighted by atomic mass is 16.3. The first-order valence-corrected chi connectivity index (χ1v) is 3.91. The minimum Gasteiger partial charge on any atom is -0.393 e. The topological polar surface area (TPSA) is 49.5 Å². The maximum absolute atomic E-state index is 9.40. The number of piperidine rings is 1. The molecule has 10 heavy (non-hydrogen) atoms. The molecule has 1 heterocycles. The molecule has 0 saturated carbocycles. The third-order valence-corrected chi connectivity index (χ3v) is 2.25. The number of nitrogens with two attached hydrogens (primary N) is 1. The van der Waals surface area contributed by atoms with Crippen LogP contribution in [-0.4, -0.2) is 29.3 Å². The average Bonchev–Trinajstić information content (AvgIpc) is 1.94.